The summed E-state index contributed by atoms with van der Waals surface area (Å²) in [7, 11) is -3.66. The van der Waals surface area contributed by atoms with Gasteiger partial charge in [-0.15, -0.1) is 6.58 Å². The van der Waals surface area contributed by atoms with Crippen molar-refractivity contribution in [2.45, 2.75) is 43.0 Å². The fraction of sp³-hybridized carbons (Fsp3) is 0.556. The lowest BCUT2D eigenvalue weighted by atomic mass is 9.87. The van der Waals surface area contributed by atoms with E-state index in [0.717, 1.165) is 44.8 Å². The lowest BCUT2D eigenvalue weighted by Gasteiger charge is -2.45. The fourth-order valence-corrected chi connectivity index (χ4v) is 5.63. The zero-order chi connectivity index (χ0) is 17.4. The van der Waals surface area contributed by atoms with Crippen molar-refractivity contribution in [3.63, 3.8) is 0 Å². The highest BCUT2D eigenvalue weighted by atomic mass is 32.2. The monoisotopic (exact) mass is 352 g/mol. The molecule has 132 valence electrons. The molecule has 24 heavy (non-hydrogen) atoms. The number of nitrogens with zero attached hydrogens (tertiary/aromatic N) is 2. The second-order valence-electron chi connectivity index (χ2n) is 6.92. The van der Waals surface area contributed by atoms with E-state index in [1.165, 1.54) is 12.1 Å². The van der Waals surface area contributed by atoms with Crippen LogP contribution in [0.2, 0.25) is 0 Å². The van der Waals surface area contributed by atoms with Crippen LogP contribution in [0, 0.1) is 12.7 Å². The molecular formula is C18H25FN2O2S. The zero-order valence-corrected chi connectivity index (χ0v) is 15.0. The van der Waals surface area contributed by atoms with Gasteiger partial charge in [0.1, 0.15) is 5.82 Å². The smallest absolute Gasteiger partial charge is 0.243 e. The van der Waals surface area contributed by atoms with E-state index in [2.05, 4.69) is 11.5 Å². The molecule has 0 unspecified atom stereocenters. The van der Waals surface area contributed by atoms with E-state index in [-0.39, 0.29) is 10.4 Å². The third kappa shape index (κ3) is 3.03. The highest BCUT2D eigenvalue weighted by Crippen LogP contribution is 2.38. The molecule has 1 aromatic carbocycles. The van der Waals surface area contributed by atoms with Gasteiger partial charge < -0.3 is 0 Å². The SMILES string of the molecule is C=CCN1CCC[C@@]12CCCN(S(=O)(=O)c1ccc(C)c(F)c1)C2. The number of rotatable bonds is 4. The van der Waals surface area contributed by atoms with Crippen molar-refractivity contribution in [1.29, 1.82) is 0 Å². The summed E-state index contributed by atoms with van der Waals surface area (Å²) >= 11 is 0. The van der Waals surface area contributed by atoms with Crippen LogP contribution in [0.5, 0.6) is 0 Å². The van der Waals surface area contributed by atoms with Gasteiger partial charge in [-0.2, -0.15) is 4.31 Å². The molecule has 1 spiro atoms. The van der Waals surface area contributed by atoms with E-state index >= 15 is 0 Å². The predicted octanol–water partition coefficient (Wildman–Crippen LogP) is 2.94. The highest BCUT2D eigenvalue weighted by Gasteiger charge is 2.46. The number of halogens is 1. The van der Waals surface area contributed by atoms with E-state index in [9.17, 15) is 12.8 Å². The Morgan fingerprint density at radius 3 is 2.67 bits per heavy atom. The van der Waals surface area contributed by atoms with Gasteiger partial charge in [-0.1, -0.05) is 12.1 Å². The Labute approximate surface area is 144 Å². The Morgan fingerprint density at radius 1 is 1.29 bits per heavy atom. The average Bonchev–Trinajstić information content (AvgIpc) is 2.92. The lowest BCUT2D eigenvalue weighted by Crippen LogP contribution is -2.56. The standard InChI is InChI=1S/C18H25FN2O2S/c1-3-10-20-11-4-8-18(20)9-5-12-21(14-18)24(22,23)16-7-6-15(2)17(19)13-16/h3,6-7,13H,1,4-5,8-12,14H2,2H3/t18-/m0/s1. The fourth-order valence-electron chi connectivity index (χ4n) is 4.06. The molecule has 2 aliphatic heterocycles. The first-order valence-corrected chi connectivity index (χ1v) is 9.95. The number of hydrogen-bond acceptors (Lipinski definition) is 3. The Kier molecular flexibility index (Phi) is 4.82. The molecule has 4 nitrogen and oxygen atoms in total. The number of likely N-dealkylation sites (tertiary alicyclic amines) is 1. The normalized spacial score (nSPS) is 26.1. The van der Waals surface area contributed by atoms with Crippen LogP contribution in [-0.4, -0.2) is 49.3 Å². The maximum absolute atomic E-state index is 13.8. The Balaban J connectivity index is 1.88. The molecule has 1 aromatic rings. The van der Waals surface area contributed by atoms with Crippen LogP contribution in [0.4, 0.5) is 4.39 Å². The van der Waals surface area contributed by atoms with Gasteiger partial charge in [0.15, 0.2) is 0 Å². The van der Waals surface area contributed by atoms with Crippen LogP contribution in [0.25, 0.3) is 0 Å². The molecule has 0 radical (unpaired) electrons. The third-order valence-corrected chi connectivity index (χ3v) is 7.23. The van der Waals surface area contributed by atoms with Crippen molar-refractivity contribution < 1.29 is 12.8 Å². The first kappa shape index (κ1) is 17.6. The summed E-state index contributed by atoms with van der Waals surface area (Å²) in [6.07, 6.45) is 5.82. The summed E-state index contributed by atoms with van der Waals surface area (Å²) < 4.78 is 41.3. The molecular weight excluding hydrogens is 327 g/mol. The minimum absolute atomic E-state index is 0.0518. The lowest BCUT2D eigenvalue weighted by molar-refractivity contribution is 0.0841. The number of aryl methyl sites for hydroxylation is 1. The topological polar surface area (TPSA) is 40.6 Å². The van der Waals surface area contributed by atoms with Crippen LogP contribution in [0.15, 0.2) is 35.7 Å². The van der Waals surface area contributed by atoms with Crippen molar-refractivity contribution in [2.24, 2.45) is 0 Å². The van der Waals surface area contributed by atoms with E-state index in [4.69, 9.17) is 0 Å². The van der Waals surface area contributed by atoms with Crippen LogP contribution >= 0.6 is 0 Å². The molecule has 0 N–H and O–H groups in total. The second kappa shape index (κ2) is 6.58. The molecule has 0 aliphatic carbocycles. The molecule has 2 fully saturated rings. The molecule has 2 saturated heterocycles. The van der Waals surface area contributed by atoms with Gasteiger partial charge in [0.05, 0.1) is 4.90 Å². The van der Waals surface area contributed by atoms with Crippen LogP contribution in [0.3, 0.4) is 0 Å². The van der Waals surface area contributed by atoms with Gasteiger partial charge in [0.2, 0.25) is 10.0 Å². The Bertz CT molecular complexity index is 735. The summed E-state index contributed by atoms with van der Waals surface area (Å²) in [5.74, 6) is -0.475. The molecule has 3 rings (SSSR count). The zero-order valence-electron chi connectivity index (χ0n) is 14.2. The summed E-state index contributed by atoms with van der Waals surface area (Å²) in [6, 6.07) is 4.18. The van der Waals surface area contributed by atoms with Crippen molar-refractivity contribution in [3.8, 4) is 0 Å². The van der Waals surface area contributed by atoms with E-state index in [1.807, 2.05) is 6.08 Å². The predicted molar refractivity (Wildman–Crippen MR) is 92.9 cm³/mol. The van der Waals surface area contributed by atoms with Crippen molar-refractivity contribution >= 4 is 10.0 Å². The first-order chi connectivity index (χ1) is 11.4. The van der Waals surface area contributed by atoms with Gasteiger partial charge in [-0.05, 0) is 56.8 Å². The third-order valence-electron chi connectivity index (χ3n) is 5.39. The minimum atomic E-state index is -3.66. The largest absolute Gasteiger partial charge is 0.293 e. The van der Waals surface area contributed by atoms with Crippen molar-refractivity contribution in [1.82, 2.24) is 9.21 Å². The van der Waals surface area contributed by atoms with Crippen LogP contribution in [0.1, 0.15) is 31.2 Å². The van der Waals surface area contributed by atoms with Crippen LogP contribution < -0.4 is 0 Å². The second-order valence-corrected chi connectivity index (χ2v) is 8.85. The van der Waals surface area contributed by atoms with E-state index < -0.39 is 15.8 Å². The minimum Gasteiger partial charge on any atom is -0.293 e. The molecule has 0 aromatic heterocycles. The average molecular weight is 352 g/mol. The van der Waals surface area contributed by atoms with E-state index in [0.29, 0.717) is 18.7 Å². The van der Waals surface area contributed by atoms with Gasteiger partial charge in [0.25, 0.3) is 0 Å². The molecule has 2 heterocycles. The Hall–Kier alpha value is -1.24. The number of hydrogen-bond donors (Lipinski definition) is 0. The molecule has 2 aliphatic rings. The quantitative estimate of drug-likeness (QED) is 0.783. The molecule has 0 saturated carbocycles. The highest BCUT2D eigenvalue weighted by molar-refractivity contribution is 7.89. The molecule has 0 bridgehead atoms. The molecule has 6 heteroatoms. The number of sulfonamides is 1. The van der Waals surface area contributed by atoms with E-state index in [1.54, 1.807) is 11.2 Å². The maximum Gasteiger partial charge on any atom is 0.243 e. The van der Waals surface area contributed by atoms with Crippen LogP contribution in [-0.2, 0) is 10.0 Å². The Morgan fingerprint density at radius 2 is 2.00 bits per heavy atom. The summed E-state index contributed by atoms with van der Waals surface area (Å²) in [5, 5.41) is 0. The van der Waals surface area contributed by atoms with Gasteiger partial charge in [-0.3, -0.25) is 4.90 Å². The van der Waals surface area contributed by atoms with Gasteiger partial charge >= 0.3 is 0 Å². The van der Waals surface area contributed by atoms with Gasteiger partial charge in [0, 0.05) is 25.2 Å². The maximum atomic E-state index is 13.8. The summed E-state index contributed by atoms with van der Waals surface area (Å²) in [5.41, 5.74) is 0.361. The van der Waals surface area contributed by atoms with Gasteiger partial charge in [-0.25, -0.2) is 12.8 Å². The van der Waals surface area contributed by atoms with Crippen molar-refractivity contribution in [3.05, 3.63) is 42.2 Å². The summed E-state index contributed by atoms with van der Waals surface area (Å²) in [6.45, 7) is 8.21. The summed E-state index contributed by atoms with van der Waals surface area (Å²) in [4.78, 5) is 2.41. The molecule has 1 atom stereocenters. The number of benzene rings is 1. The molecule has 0 amide bonds. The van der Waals surface area contributed by atoms with Crippen molar-refractivity contribution in [2.75, 3.05) is 26.2 Å². The number of piperidine rings is 1. The first-order valence-electron chi connectivity index (χ1n) is 8.51.